The standard InChI is InChI=1S/C8H13NO2/c9-4-6-10-7-8-3-1-2-5-11-8/h8H,1-3,5-7H2. The van der Waals surface area contributed by atoms with Crippen LogP contribution in [-0.4, -0.2) is 25.9 Å². The third-order valence-corrected chi connectivity index (χ3v) is 1.74. The molecule has 0 aromatic rings. The Hall–Kier alpha value is -0.590. The summed E-state index contributed by atoms with van der Waals surface area (Å²) in [5.41, 5.74) is 0. The molecule has 11 heavy (non-hydrogen) atoms. The van der Waals surface area contributed by atoms with E-state index >= 15 is 0 Å². The second kappa shape index (κ2) is 5.11. The van der Waals surface area contributed by atoms with Crippen molar-refractivity contribution in [2.24, 2.45) is 0 Å². The number of hydrogen-bond donors (Lipinski definition) is 0. The number of hydrogen-bond acceptors (Lipinski definition) is 3. The molecule has 0 bridgehead atoms. The van der Waals surface area contributed by atoms with Crippen LogP contribution in [0.1, 0.15) is 19.3 Å². The van der Waals surface area contributed by atoms with Crippen LogP contribution in [0, 0.1) is 11.3 Å². The zero-order valence-corrected chi connectivity index (χ0v) is 6.58. The maximum Gasteiger partial charge on any atom is 0.133 e. The first kappa shape index (κ1) is 8.51. The molecule has 0 aromatic heterocycles. The largest absolute Gasteiger partial charge is 0.376 e. The van der Waals surface area contributed by atoms with Gasteiger partial charge >= 0.3 is 0 Å². The van der Waals surface area contributed by atoms with Gasteiger partial charge in [0.05, 0.1) is 18.8 Å². The van der Waals surface area contributed by atoms with Gasteiger partial charge in [-0.1, -0.05) is 0 Å². The average Bonchev–Trinajstić information content (AvgIpc) is 2.07. The van der Waals surface area contributed by atoms with E-state index in [1.165, 1.54) is 6.42 Å². The van der Waals surface area contributed by atoms with Crippen molar-refractivity contribution in [3.8, 4) is 6.07 Å². The van der Waals surface area contributed by atoms with E-state index in [1.807, 2.05) is 6.07 Å². The van der Waals surface area contributed by atoms with Crippen LogP contribution in [0.2, 0.25) is 0 Å². The molecule has 0 amide bonds. The van der Waals surface area contributed by atoms with Crippen LogP contribution in [0.4, 0.5) is 0 Å². The van der Waals surface area contributed by atoms with Gasteiger partial charge in [-0.15, -0.1) is 0 Å². The van der Waals surface area contributed by atoms with E-state index in [0.29, 0.717) is 6.61 Å². The SMILES string of the molecule is N#CCOCC1CCCCO1. The molecule has 0 N–H and O–H groups in total. The van der Waals surface area contributed by atoms with Crippen LogP contribution < -0.4 is 0 Å². The van der Waals surface area contributed by atoms with Crippen LogP contribution in [0.15, 0.2) is 0 Å². The van der Waals surface area contributed by atoms with Crippen molar-refractivity contribution in [3.05, 3.63) is 0 Å². The fraction of sp³-hybridized carbons (Fsp3) is 0.875. The Bertz CT molecular complexity index is 136. The summed E-state index contributed by atoms with van der Waals surface area (Å²) in [6, 6.07) is 1.93. The predicted octanol–water partition coefficient (Wildman–Crippen LogP) is 1.10. The Kier molecular flexibility index (Phi) is 3.95. The molecule has 1 fully saturated rings. The quantitative estimate of drug-likeness (QED) is 0.573. The topological polar surface area (TPSA) is 42.2 Å². The summed E-state index contributed by atoms with van der Waals surface area (Å²) in [4.78, 5) is 0. The normalized spacial score (nSPS) is 24.5. The van der Waals surface area contributed by atoms with Gasteiger partial charge in [-0.25, -0.2) is 0 Å². The molecule has 1 aliphatic rings. The van der Waals surface area contributed by atoms with Crippen LogP contribution in [0.3, 0.4) is 0 Å². The maximum atomic E-state index is 8.18. The molecule has 0 spiro atoms. The summed E-state index contributed by atoms with van der Waals surface area (Å²) in [6.45, 7) is 1.61. The molecule has 1 heterocycles. The monoisotopic (exact) mass is 155 g/mol. The minimum absolute atomic E-state index is 0.180. The fourth-order valence-electron chi connectivity index (χ4n) is 1.17. The van der Waals surface area contributed by atoms with Crippen molar-refractivity contribution in [2.45, 2.75) is 25.4 Å². The minimum atomic E-state index is 0.180. The van der Waals surface area contributed by atoms with E-state index in [9.17, 15) is 0 Å². The van der Waals surface area contributed by atoms with Crippen LogP contribution in [-0.2, 0) is 9.47 Å². The molecule has 3 nitrogen and oxygen atoms in total. The highest BCUT2D eigenvalue weighted by atomic mass is 16.5. The molecular formula is C8H13NO2. The lowest BCUT2D eigenvalue weighted by Gasteiger charge is -2.21. The number of ether oxygens (including phenoxy) is 2. The highest BCUT2D eigenvalue weighted by Gasteiger charge is 2.12. The lowest BCUT2D eigenvalue weighted by molar-refractivity contribution is -0.0347. The molecule has 3 heteroatoms. The molecule has 0 aromatic carbocycles. The highest BCUT2D eigenvalue weighted by Crippen LogP contribution is 2.12. The summed E-state index contributed by atoms with van der Waals surface area (Å²) < 4.78 is 10.4. The molecular weight excluding hydrogens is 142 g/mol. The van der Waals surface area contributed by atoms with E-state index in [-0.39, 0.29) is 12.7 Å². The molecule has 1 rings (SSSR count). The molecule has 1 aliphatic heterocycles. The van der Waals surface area contributed by atoms with Gasteiger partial charge in [0.2, 0.25) is 0 Å². The Morgan fingerprint density at radius 2 is 2.45 bits per heavy atom. The smallest absolute Gasteiger partial charge is 0.133 e. The van der Waals surface area contributed by atoms with E-state index in [2.05, 4.69) is 0 Å². The van der Waals surface area contributed by atoms with Gasteiger partial charge in [0, 0.05) is 6.61 Å². The summed E-state index contributed by atoms with van der Waals surface area (Å²) in [5.74, 6) is 0. The van der Waals surface area contributed by atoms with E-state index < -0.39 is 0 Å². The molecule has 62 valence electrons. The van der Waals surface area contributed by atoms with E-state index in [1.54, 1.807) is 0 Å². The van der Waals surface area contributed by atoms with Crippen molar-refractivity contribution in [2.75, 3.05) is 19.8 Å². The Morgan fingerprint density at radius 3 is 3.09 bits per heavy atom. The lowest BCUT2D eigenvalue weighted by atomic mass is 10.1. The van der Waals surface area contributed by atoms with E-state index in [4.69, 9.17) is 14.7 Å². The molecule has 0 radical (unpaired) electrons. The van der Waals surface area contributed by atoms with Crippen LogP contribution >= 0.6 is 0 Å². The first-order valence-electron chi connectivity index (χ1n) is 4.00. The van der Waals surface area contributed by atoms with E-state index in [0.717, 1.165) is 19.4 Å². The number of rotatable bonds is 3. The molecule has 0 aliphatic carbocycles. The summed E-state index contributed by atoms with van der Waals surface area (Å²) >= 11 is 0. The zero-order chi connectivity index (χ0) is 7.94. The van der Waals surface area contributed by atoms with Crippen LogP contribution in [0.25, 0.3) is 0 Å². The Balaban J connectivity index is 2.01. The first-order valence-corrected chi connectivity index (χ1v) is 4.00. The third-order valence-electron chi connectivity index (χ3n) is 1.74. The fourth-order valence-corrected chi connectivity index (χ4v) is 1.17. The van der Waals surface area contributed by atoms with Crippen LogP contribution in [0.5, 0.6) is 0 Å². The van der Waals surface area contributed by atoms with Crippen molar-refractivity contribution < 1.29 is 9.47 Å². The van der Waals surface area contributed by atoms with Gasteiger partial charge in [-0.2, -0.15) is 5.26 Å². The first-order chi connectivity index (χ1) is 5.43. The van der Waals surface area contributed by atoms with Gasteiger partial charge in [-0.3, -0.25) is 0 Å². The maximum absolute atomic E-state index is 8.18. The zero-order valence-electron chi connectivity index (χ0n) is 6.58. The van der Waals surface area contributed by atoms with Crippen molar-refractivity contribution in [1.29, 1.82) is 5.26 Å². The summed E-state index contributed by atoms with van der Waals surface area (Å²) in [6.07, 6.45) is 3.69. The Morgan fingerprint density at radius 1 is 1.55 bits per heavy atom. The highest BCUT2D eigenvalue weighted by molar-refractivity contribution is 4.68. The molecule has 1 unspecified atom stereocenters. The van der Waals surface area contributed by atoms with Gasteiger partial charge in [0.15, 0.2) is 0 Å². The lowest BCUT2D eigenvalue weighted by Crippen LogP contribution is -2.24. The summed E-state index contributed by atoms with van der Waals surface area (Å²) in [5, 5.41) is 8.18. The second-order valence-corrected chi connectivity index (χ2v) is 2.66. The van der Waals surface area contributed by atoms with Gasteiger partial charge < -0.3 is 9.47 Å². The Labute approximate surface area is 66.9 Å². The van der Waals surface area contributed by atoms with Gasteiger partial charge in [0.1, 0.15) is 6.61 Å². The summed E-state index contributed by atoms with van der Waals surface area (Å²) in [7, 11) is 0. The minimum Gasteiger partial charge on any atom is -0.376 e. The second-order valence-electron chi connectivity index (χ2n) is 2.66. The van der Waals surface area contributed by atoms with Crippen molar-refractivity contribution in [1.82, 2.24) is 0 Å². The average molecular weight is 155 g/mol. The van der Waals surface area contributed by atoms with Crippen molar-refractivity contribution >= 4 is 0 Å². The molecule has 1 atom stereocenters. The van der Waals surface area contributed by atoms with Gasteiger partial charge in [0.25, 0.3) is 0 Å². The molecule has 1 saturated heterocycles. The van der Waals surface area contributed by atoms with Crippen molar-refractivity contribution in [3.63, 3.8) is 0 Å². The number of nitrogens with zero attached hydrogens (tertiary/aromatic N) is 1. The van der Waals surface area contributed by atoms with Gasteiger partial charge in [-0.05, 0) is 19.3 Å². The third kappa shape index (κ3) is 3.35. The molecule has 0 saturated carbocycles. The number of nitriles is 1. The predicted molar refractivity (Wildman–Crippen MR) is 40.0 cm³/mol.